The summed E-state index contributed by atoms with van der Waals surface area (Å²) >= 11 is 0. The van der Waals surface area contributed by atoms with Crippen molar-refractivity contribution in [1.29, 1.82) is 0 Å². The Labute approximate surface area is 86.4 Å². The molecule has 14 heavy (non-hydrogen) atoms. The van der Waals surface area contributed by atoms with Gasteiger partial charge < -0.3 is 9.47 Å². The summed E-state index contributed by atoms with van der Waals surface area (Å²) in [5, 5.41) is 0. The maximum Gasteiger partial charge on any atom is 0.0608 e. The molecule has 2 fully saturated rings. The van der Waals surface area contributed by atoms with Gasteiger partial charge in [-0.25, -0.2) is 0 Å². The summed E-state index contributed by atoms with van der Waals surface area (Å²) in [6, 6.07) is 0.766. The zero-order valence-corrected chi connectivity index (χ0v) is 9.24. The van der Waals surface area contributed by atoms with E-state index in [0.29, 0.717) is 12.2 Å². The molecule has 1 aliphatic carbocycles. The molecule has 0 atom stereocenters. The van der Waals surface area contributed by atoms with Gasteiger partial charge in [0.25, 0.3) is 0 Å². The van der Waals surface area contributed by atoms with E-state index in [1.807, 2.05) is 0 Å². The van der Waals surface area contributed by atoms with E-state index in [2.05, 4.69) is 18.7 Å². The highest BCUT2D eigenvalue weighted by Crippen LogP contribution is 2.29. The molecule has 0 aromatic rings. The summed E-state index contributed by atoms with van der Waals surface area (Å²) in [5.41, 5.74) is 0. The Morgan fingerprint density at radius 2 is 1.86 bits per heavy atom. The Kier molecular flexibility index (Phi) is 3.42. The normalized spacial score (nSPS) is 34.5. The molecular weight excluding hydrogens is 178 g/mol. The maximum atomic E-state index is 5.75. The zero-order chi connectivity index (χ0) is 9.97. The van der Waals surface area contributed by atoms with Crippen molar-refractivity contribution in [1.82, 2.24) is 4.90 Å². The van der Waals surface area contributed by atoms with Gasteiger partial charge >= 0.3 is 0 Å². The second-order valence-electron chi connectivity index (χ2n) is 4.58. The van der Waals surface area contributed by atoms with E-state index >= 15 is 0 Å². The highest BCUT2D eigenvalue weighted by molar-refractivity contribution is 4.89. The van der Waals surface area contributed by atoms with Crippen LogP contribution in [-0.2, 0) is 9.47 Å². The van der Waals surface area contributed by atoms with Gasteiger partial charge in [0.1, 0.15) is 0 Å². The van der Waals surface area contributed by atoms with E-state index in [1.165, 1.54) is 12.8 Å². The lowest BCUT2D eigenvalue weighted by atomic mass is 9.87. The van der Waals surface area contributed by atoms with Gasteiger partial charge in [-0.1, -0.05) is 0 Å². The minimum absolute atomic E-state index is 0.380. The predicted molar refractivity (Wildman–Crippen MR) is 55.4 cm³/mol. The molecule has 0 spiro atoms. The number of hydrogen-bond acceptors (Lipinski definition) is 3. The third-order valence-corrected chi connectivity index (χ3v) is 3.10. The van der Waals surface area contributed by atoms with Crippen LogP contribution in [-0.4, -0.2) is 49.5 Å². The van der Waals surface area contributed by atoms with Gasteiger partial charge in [0.2, 0.25) is 0 Å². The van der Waals surface area contributed by atoms with E-state index in [9.17, 15) is 0 Å². The van der Waals surface area contributed by atoms with Crippen molar-refractivity contribution >= 4 is 0 Å². The standard InChI is InChI=1S/C11H21NO2/c1-9(2)14-11-7-10(8-11)12-3-5-13-6-4-12/h9-11H,3-8H2,1-2H3. The first-order chi connectivity index (χ1) is 6.75. The summed E-state index contributed by atoms with van der Waals surface area (Å²) in [5.74, 6) is 0. The van der Waals surface area contributed by atoms with Crippen LogP contribution in [0.1, 0.15) is 26.7 Å². The van der Waals surface area contributed by atoms with E-state index < -0.39 is 0 Å². The Bertz CT molecular complexity index is 172. The van der Waals surface area contributed by atoms with E-state index in [4.69, 9.17) is 9.47 Å². The largest absolute Gasteiger partial charge is 0.379 e. The maximum absolute atomic E-state index is 5.75. The third kappa shape index (κ3) is 2.47. The predicted octanol–water partition coefficient (Wildman–Crippen LogP) is 1.27. The van der Waals surface area contributed by atoms with Crippen LogP contribution in [0.3, 0.4) is 0 Å². The highest BCUT2D eigenvalue weighted by atomic mass is 16.5. The van der Waals surface area contributed by atoms with Gasteiger partial charge in [-0.15, -0.1) is 0 Å². The lowest BCUT2D eigenvalue weighted by Gasteiger charge is -2.44. The van der Waals surface area contributed by atoms with E-state index in [-0.39, 0.29) is 0 Å². The molecule has 0 radical (unpaired) electrons. The quantitative estimate of drug-likeness (QED) is 0.683. The SMILES string of the molecule is CC(C)OC1CC(N2CCOCC2)C1. The van der Waals surface area contributed by atoms with Crippen LogP contribution >= 0.6 is 0 Å². The van der Waals surface area contributed by atoms with Gasteiger partial charge in [-0.2, -0.15) is 0 Å². The Morgan fingerprint density at radius 3 is 2.43 bits per heavy atom. The fourth-order valence-electron chi connectivity index (χ4n) is 2.27. The van der Waals surface area contributed by atoms with Crippen molar-refractivity contribution in [2.75, 3.05) is 26.3 Å². The molecule has 0 amide bonds. The van der Waals surface area contributed by atoms with Gasteiger partial charge in [-0.3, -0.25) is 4.90 Å². The van der Waals surface area contributed by atoms with Gasteiger partial charge in [0.15, 0.2) is 0 Å². The molecule has 82 valence electrons. The average Bonchev–Trinajstić information content (AvgIpc) is 2.12. The second kappa shape index (κ2) is 4.60. The Hall–Kier alpha value is -0.120. The third-order valence-electron chi connectivity index (χ3n) is 3.10. The topological polar surface area (TPSA) is 21.7 Å². The molecule has 2 rings (SSSR count). The van der Waals surface area contributed by atoms with Crippen LogP contribution in [0.4, 0.5) is 0 Å². The molecule has 1 aliphatic heterocycles. The summed E-state index contributed by atoms with van der Waals surface area (Å²) in [7, 11) is 0. The van der Waals surface area contributed by atoms with Crippen LogP contribution in [0, 0.1) is 0 Å². The molecule has 3 heteroatoms. The first-order valence-electron chi connectivity index (χ1n) is 5.73. The molecule has 0 aromatic carbocycles. The molecule has 0 aromatic heterocycles. The zero-order valence-electron chi connectivity index (χ0n) is 9.24. The smallest absolute Gasteiger partial charge is 0.0608 e. The summed E-state index contributed by atoms with van der Waals surface area (Å²) in [6.45, 7) is 8.26. The van der Waals surface area contributed by atoms with Crippen molar-refractivity contribution in [3.05, 3.63) is 0 Å². The van der Waals surface area contributed by atoms with Crippen molar-refractivity contribution in [3.63, 3.8) is 0 Å². The lowest BCUT2D eigenvalue weighted by Crippen LogP contribution is -2.52. The molecule has 0 bridgehead atoms. The molecule has 1 heterocycles. The molecular formula is C11H21NO2. The van der Waals surface area contributed by atoms with Crippen molar-refractivity contribution in [2.24, 2.45) is 0 Å². The lowest BCUT2D eigenvalue weighted by molar-refractivity contribution is -0.0929. The minimum Gasteiger partial charge on any atom is -0.379 e. The number of hydrogen-bond donors (Lipinski definition) is 0. The van der Waals surface area contributed by atoms with Gasteiger partial charge in [0, 0.05) is 19.1 Å². The van der Waals surface area contributed by atoms with Gasteiger partial charge in [-0.05, 0) is 26.7 Å². The fraction of sp³-hybridized carbons (Fsp3) is 1.00. The molecule has 3 nitrogen and oxygen atoms in total. The minimum atomic E-state index is 0.380. The van der Waals surface area contributed by atoms with Crippen LogP contribution in [0.5, 0.6) is 0 Å². The molecule has 0 N–H and O–H groups in total. The first-order valence-corrected chi connectivity index (χ1v) is 5.73. The van der Waals surface area contributed by atoms with Crippen molar-refractivity contribution in [2.45, 2.75) is 44.9 Å². The number of ether oxygens (including phenoxy) is 2. The van der Waals surface area contributed by atoms with E-state index in [1.54, 1.807) is 0 Å². The van der Waals surface area contributed by atoms with Crippen LogP contribution < -0.4 is 0 Å². The Morgan fingerprint density at radius 1 is 1.21 bits per heavy atom. The highest BCUT2D eigenvalue weighted by Gasteiger charge is 2.35. The van der Waals surface area contributed by atoms with Crippen LogP contribution in [0.2, 0.25) is 0 Å². The summed E-state index contributed by atoms with van der Waals surface area (Å²) in [6.07, 6.45) is 3.34. The second-order valence-corrected chi connectivity index (χ2v) is 4.58. The van der Waals surface area contributed by atoms with Crippen LogP contribution in [0.15, 0.2) is 0 Å². The number of morpholine rings is 1. The number of rotatable bonds is 3. The average molecular weight is 199 g/mol. The summed E-state index contributed by atoms with van der Waals surface area (Å²) in [4.78, 5) is 2.55. The number of nitrogens with zero attached hydrogens (tertiary/aromatic N) is 1. The van der Waals surface area contributed by atoms with Crippen LogP contribution in [0.25, 0.3) is 0 Å². The monoisotopic (exact) mass is 199 g/mol. The van der Waals surface area contributed by atoms with Gasteiger partial charge in [0.05, 0.1) is 25.4 Å². The first kappa shape index (κ1) is 10.4. The van der Waals surface area contributed by atoms with Crippen molar-refractivity contribution in [3.8, 4) is 0 Å². The molecule has 1 saturated heterocycles. The molecule has 0 unspecified atom stereocenters. The van der Waals surface area contributed by atoms with Crippen molar-refractivity contribution < 1.29 is 9.47 Å². The molecule has 2 aliphatic rings. The van der Waals surface area contributed by atoms with E-state index in [0.717, 1.165) is 32.3 Å². The Balaban J connectivity index is 1.66. The fourth-order valence-corrected chi connectivity index (χ4v) is 2.27. The molecule has 1 saturated carbocycles. The summed E-state index contributed by atoms with van der Waals surface area (Å²) < 4.78 is 11.1.